The zero-order valence-electron chi connectivity index (χ0n) is 8.70. The first-order chi connectivity index (χ1) is 6.27. The molecule has 5 heteroatoms. The Morgan fingerprint density at radius 3 is 2.60 bits per heavy atom. The third-order valence-corrected chi connectivity index (χ3v) is 1.65. The molecule has 1 radical (unpaired) electrons. The van der Waals surface area contributed by atoms with Gasteiger partial charge in [-0.1, -0.05) is 19.1 Å². The number of amides is 2. The Balaban J connectivity index is 0. The van der Waals surface area contributed by atoms with Crippen LogP contribution >= 0.6 is 0 Å². The van der Waals surface area contributed by atoms with Crippen molar-refractivity contribution >= 4 is 24.2 Å². The molecule has 2 amide bonds. The van der Waals surface area contributed by atoms with Crippen LogP contribution in [0.1, 0.15) is 5.56 Å². The molecule has 0 heterocycles. The molecule has 0 bridgehead atoms. The molecule has 4 nitrogen and oxygen atoms in total. The topological polar surface area (TPSA) is 58.2 Å². The predicted octanol–water partition coefficient (Wildman–Crippen LogP) is 1.49. The van der Waals surface area contributed by atoms with E-state index in [0.29, 0.717) is 17.8 Å². The Bertz CT molecular complexity index is 329. The Morgan fingerprint density at radius 2 is 2.07 bits per heavy atom. The third kappa shape index (κ3) is 5.05. The van der Waals surface area contributed by atoms with Crippen LogP contribution < -0.4 is 10.6 Å². The van der Waals surface area contributed by atoms with Gasteiger partial charge in [0.2, 0.25) is 6.41 Å². The molecule has 0 saturated carbocycles. The average Bonchev–Trinajstić information content (AvgIpc) is 2.12. The van der Waals surface area contributed by atoms with E-state index in [2.05, 4.69) is 10.6 Å². The van der Waals surface area contributed by atoms with Gasteiger partial charge in [0.25, 0.3) is 0 Å². The fraction of sp³-hybridized carbons (Fsp3) is 0.100. The van der Waals surface area contributed by atoms with Crippen molar-refractivity contribution < 1.29 is 42.3 Å². The summed E-state index contributed by atoms with van der Waals surface area (Å²) < 4.78 is 0. The van der Waals surface area contributed by atoms with Crippen LogP contribution in [0.4, 0.5) is 11.4 Å². The molecule has 1 aromatic carbocycles. The van der Waals surface area contributed by atoms with E-state index in [-0.39, 0.29) is 40.1 Å². The van der Waals surface area contributed by atoms with E-state index in [1.165, 1.54) is 0 Å². The fourth-order valence-electron chi connectivity index (χ4n) is 0.969. The SMILES string of the molecule is Cc1ccc(NC=O)cc1N[C-]=O.[CH3-].[Y]. The molecular weight excluding hydrogens is 269 g/mol. The number of hydrogen-bond donors (Lipinski definition) is 2. The molecule has 0 fully saturated rings. The van der Waals surface area contributed by atoms with Gasteiger partial charge in [0.1, 0.15) is 0 Å². The second-order valence-corrected chi connectivity index (χ2v) is 2.52. The van der Waals surface area contributed by atoms with Gasteiger partial charge in [0.05, 0.1) is 6.41 Å². The maximum atomic E-state index is 10.1. The first kappa shape index (κ1) is 16.7. The van der Waals surface area contributed by atoms with Crippen LogP contribution in [0.15, 0.2) is 18.2 Å². The van der Waals surface area contributed by atoms with Crippen LogP contribution in [-0.4, -0.2) is 12.8 Å². The molecule has 15 heavy (non-hydrogen) atoms. The quantitative estimate of drug-likeness (QED) is 0.499. The number of anilines is 2. The Morgan fingerprint density at radius 1 is 1.40 bits per heavy atom. The summed E-state index contributed by atoms with van der Waals surface area (Å²) in [5, 5.41) is 4.90. The summed E-state index contributed by atoms with van der Waals surface area (Å²) >= 11 is 0. The zero-order valence-corrected chi connectivity index (χ0v) is 11.5. The average molecular weight is 281 g/mol. The summed E-state index contributed by atoms with van der Waals surface area (Å²) in [4.78, 5) is 20.2. The van der Waals surface area contributed by atoms with E-state index in [1.54, 1.807) is 24.6 Å². The minimum Gasteiger partial charge on any atom is -0.490 e. The van der Waals surface area contributed by atoms with Crippen LogP contribution in [0.5, 0.6) is 0 Å². The first-order valence-corrected chi connectivity index (χ1v) is 3.72. The van der Waals surface area contributed by atoms with Gasteiger partial charge < -0.3 is 22.9 Å². The predicted molar refractivity (Wildman–Crippen MR) is 56.6 cm³/mol. The van der Waals surface area contributed by atoms with E-state index in [9.17, 15) is 9.59 Å². The second kappa shape index (κ2) is 8.56. The van der Waals surface area contributed by atoms with Crippen LogP contribution in [-0.2, 0) is 42.3 Å². The molecular formula is C10H12N2O2Y-2. The van der Waals surface area contributed by atoms with E-state index < -0.39 is 0 Å². The third-order valence-electron chi connectivity index (χ3n) is 1.65. The summed E-state index contributed by atoms with van der Waals surface area (Å²) in [5.74, 6) is 0. The van der Waals surface area contributed by atoms with Crippen molar-refractivity contribution in [2.75, 3.05) is 10.6 Å². The van der Waals surface area contributed by atoms with Crippen molar-refractivity contribution in [1.82, 2.24) is 0 Å². The van der Waals surface area contributed by atoms with Crippen molar-refractivity contribution in [2.24, 2.45) is 0 Å². The van der Waals surface area contributed by atoms with E-state index >= 15 is 0 Å². The largest absolute Gasteiger partial charge is 0.490 e. The fourth-order valence-corrected chi connectivity index (χ4v) is 0.969. The van der Waals surface area contributed by atoms with Crippen LogP contribution in [0, 0.1) is 14.4 Å². The monoisotopic (exact) mass is 281 g/mol. The molecule has 0 atom stereocenters. The minimum atomic E-state index is 0. The molecule has 2 N–H and O–H groups in total. The molecule has 0 aliphatic rings. The molecule has 0 aliphatic carbocycles. The second-order valence-electron chi connectivity index (χ2n) is 2.52. The van der Waals surface area contributed by atoms with Crippen molar-refractivity contribution in [1.29, 1.82) is 0 Å². The molecule has 0 aromatic heterocycles. The van der Waals surface area contributed by atoms with Gasteiger partial charge in [-0.2, -0.15) is 0 Å². The van der Waals surface area contributed by atoms with Crippen molar-refractivity contribution in [3.63, 3.8) is 0 Å². The van der Waals surface area contributed by atoms with Crippen molar-refractivity contribution in [3.05, 3.63) is 31.2 Å². The molecule has 0 spiro atoms. The van der Waals surface area contributed by atoms with Crippen molar-refractivity contribution in [2.45, 2.75) is 6.92 Å². The number of aryl methyl sites for hydroxylation is 1. The molecule has 1 aromatic rings. The Kier molecular flexibility index (Phi) is 9.52. The van der Waals surface area contributed by atoms with Gasteiger partial charge in [0.15, 0.2) is 0 Å². The molecule has 0 aliphatic heterocycles. The van der Waals surface area contributed by atoms with Gasteiger partial charge in [-0.25, -0.2) is 0 Å². The normalized spacial score (nSPS) is 7.80. The van der Waals surface area contributed by atoms with Gasteiger partial charge in [-0.05, 0) is 6.07 Å². The van der Waals surface area contributed by atoms with E-state index in [1.807, 2.05) is 6.92 Å². The number of benzene rings is 1. The van der Waals surface area contributed by atoms with Crippen LogP contribution in [0.3, 0.4) is 0 Å². The molecule has 1 rings (SSSR count). The summed E-state index contributed by atoms with van der Waals surface area (Å²) in [7, 11) is 0. The standard InChI is InChI=1S/C9H9N2O2.CH3.Y/c1-7-2-3-8(10-5-12)4-9(7)11-6-13;;/h2-5H,1H3,(H,10,12)(H,11,13);1H3;/q2*-1;. The summed E-state index contributed by atoms with van der Waals surface area (Å²) in [6.45, 7) is 1.85. The molecule has 79 valence electrons. The van der Waals surface area contributed by atoms with Gasteiger partial charge in [0, 0.05) is 38.4 Å². The maximum absolute atomic E-state index is 10.1. The summed E-state index contributed by atoms with van der Waals surface area (Å²) in [5.41, 5.74) is 2.19. The van der Waals surface area contributed by atoms with E-state index in [4.69, 9.17) is 0 Å². The van der Waals surface area contributed by atoms with Crippen LogP contribution in [0.2, 0.25) is 0 Å². The zero-order chi connectivity index (χ0) is 9.68. The number of rotatable bonds is 4. The van der Waals surface area contributed by atoms with Gasteiger partial charge in [-0.3, -0.25) is 4.79 Å². The molecule has 0 unspecified atom stereocenters. The van der Waals surface area contributed by atoms with Gasteiger partial charge in [-0.15, -0.1) is 11.3 Å². The number of carbonyl (C=O) groups excluding carboxylic acids is 2. The Labute approximate surface area is 115 Å². The van der Waals surface area contributed by atoms with Crippen LogP contribution in [0.25, 0.3) is 0 Å². The first-order valence-electron chi connectivity index (χ1n) is 3.72. The number of hydrogen-bond acceptors (Lipinski definition) is 2. The number of nitrogens with one attached hydrogen (secondary N) is 2. The summed E-state index contributed by atoms with van der Waals surface area (Å²) in [6, 6.07) is 5.21. The van der Waals surface area contributed by atoms with Gasteiger partial charge >= 0.3 is 0 Å². The maximum Gasteiger partial charge on any atom is 0.211 e. The summed E-state index contributed by atoms with van der Waals surface area (Å²) in [6.07, 6.45) is 2.16. The Hall–Kier alpha value is -0.736. The van der Waals surface area contributed by atoms with E-state index in [0.717, 1.165) is 5.56 Å². The molecule has 0 saturated heterocycles. The van der Waals surface area contributed by atoms with Crippen molar-refractivity contribution in [3.8, 4) is 0 Å². The number of carbonyl (C=O) groups is 1. The smallest absolute Gasteiger partial charge is 0.211 e. The minimum absolute atomic E-state index is 0.